The lowest BCUT2D eigenvalue weighted by atomic mass is 9.77. The number of rotatable bonds is 12. The van der Waals surface area contributed by atoms with Crippen LogP contribution in [0.25, 0.3) is 33.5 Å². The van der Waals surface area contributed by atoms with Gasteiger partial charge < -0.3 is 0 Å². The molecule has 0 saturated carbocycles. The molecule has 45 heavy (non-hydrogen) atoms. The molecule has 4 aromatic rings. The van der Waals surface area contributed by atoms with Crippen LogP contribution < -0.4 is 0 Å². The van der Waals surface area contributed by atoms with E-state index >= 15 is 0 Å². The molecule has 3 aromatic carbocycles. The smallest absolute Gasteiger partial charge is 0.0635 e. The lowest BCUT2D eigenvalue weighted by Crippen LogP contribution is -2.07. The molecule has 0 aliphatic heterocycles. The molecule has 0 N–H and O–H groups in total. The fourth-order valence-electron chi connectivity index (χ4n) is 6.49. The van der Waals surface area contributed by atoms with Gasteiger partial charge in [-0.2, -0.15) is 0 Å². The van der Waals surface area contributed by atoms with Crippen molar-refractivity contribution in [2.75, 3.05) is 0 Å². The predicted molar refractivity (Wildman–Crippen MR) is 197 cm³/mol. The van der Waals surface area contributed by atoms with Crippen molar-refractivity contribution in [1.82, 2.24) is 4.98 Å². The van der Waals surface area contributed by atoms with Crippen LogP contribution in [0.15, 0.2) is 144 Å². The molecular formula is C44H47N. The molecule has 1 atom stereocenters. The number of allylic oxidation sites excluding steroid dienone is 11. The second kappa shape index (κ2) is 16.0. The van der Waals surface area contributed by atoms with Gasteiger partial charge in [-0.25, -0.2) is 0 Å². The average molecular weight is 590 g/mol. The van der Waals surface area contributed by atoms with E-state index in [9.17, 15) is 0 Å². The Hall–Kier alpha value is -4.49. The largest absolute Gasteiger partial charge is 0.257 e. The zero-order valence-corrected chi connectivity index (χ0v) is 27.5. The third-order valence-corrected chi connectivity index (χ3v) is 8.81. The Morgan fingerprint density at radius 3 is 2.49 bits per heavy atom. The molecule has 1 aliphatic rings. The van der Waals surface area contributed by atoms with E-state index in [1.807, 2.05) is 6.20 Å². The van der Waals surface area contributed by atoms with Crippen LogP contribution in [0.1, 0.15) is 89.0 Å². The minimum absolute atomic E-state index is 0.279. The molecule has 0 radical (unpaired) electrons. The lowest BCUT2D eigenvalue weighted by molar-refractivity contribution is 0.796. The third-order valence-electron chi connectivity index (χ3n) is 8.81. The first kappa shape index (κ1) is 31.9. The quantitative estimate of drug-likeness (QED) is 0.150. The first-order valence-corrected chi connectivity index (χ1v) is 16.8. The monoisotopic (exact) mass is 589 g/mol. The highest BCUT2D eigenvalue weighted by molar-refractivity contribution is 5.99. The van der Waals surface area contributed by atoms with Crippen molar-refractivity contribution in [1.29, 1.82) is 0 Å². The normalized spacial score (nSPS) is 15.1. The molecule has 1 unspecified atom stereocenters. The number of hydrogen-bond acceptors (Lipinski definition) is 1. The molecule has 228 valence electrons. The van der Waals surface area contributed by atoms with E-state index < -0.39 is 0 Å². The number of benzene rings is 3. The number of fused-ring (bicyclic) bond motifs is 1. The second-order valence-electron chi connectivity index (χ2n) is 11.8. The maximum atomic E-state index is 4.62. The molecular weight excluding hydrogens is 542 g/mol. The van der Waals surface area contributed by atoms with E-state index in [1.165, 1.54) is 55.3 Å². The summed E-state index contributed by atoms with van der Waals surface area (Å²) in [6, 6.07) is 29.0. The van der Waals surface area contributed by atoms with Crippen LogP contribution in [-0.2, 0) is 0 Å². The molecule has 1 heterocycles. The summed E-state index contributed by atoms with van der Waals surface area (Å²) in [7, 11) is 0. The summed E-state index contributed by atoms with van der Waals surface area (Å²) in [5.74, 6) is 0.279. The fraction of sp³-hybridized carbons (Fsp3) is 0.250. The lowest BCUT2D eigenvalue weighted by Gasteiger charge is -2.27. The Balaban J connectivity index is 1.61. The Bertz CT molecular complexity index is 1770. The topological polar surface area (TPSA) is 12.9 Å². The fourth-order valence-corrected chi connectivity index (χ4v) is 6.49. The first-order chi connectivity index (χ1) is 22.2. The Morgan fingerprint density at radius 2 is 1.69 bits per heavy atom. The molecule has 1 aliphatic carbocycles. The van der Waals surface area contributed by atoms with Crippen LogP contribution in [0.3, 0.4) is 0 Å². The van der Waals surface area contributed by atoms with Crippen LogP contribution in [0.4, 0.5) is 0 Å². The van der Waals surface area contributed by atoms with Gasteiger partial charge in [0.05, 0.1) is 5.69 Å². The van der Waals surface area contributed by atoms with Gasteiger partial charge in [0.25, 0.3) is 0 Å². The number of unbranched alkanes of at least 4 members (excludes halogenated alkanes) is 1. The molecule has 0 fully saturated rings. The highest BCUT2D eigenvalue weighted by atomic mass is 14.7. The number of hydrogen-bond donors (Lipinski definition) is 0. The van der Waals surface area contributed by atoms with Crippen molar-refractivity contribution in [3.63, 3.8) is 0 Å². The molecule has 1 heteroatoms. The van der Waals surface area contributed by atoms with Crippen molar-refractivity contribution in [2.45, 2.75) is 72.1 Å². The van der Waals surface area contributed by atoms with Crippen LogP contribution in [0, 0.1) is 0 Å². The maximum Gasteiger partial charge on any atom is 0.0635 e. The summed E-state index contributed by atoms with van der Waals surface area (Å²) in [4.78, 5) is 4.62. The summed E-state index contributed by atoms with van der Waals surface area (Å²) in [6.07, 6.45) is 26.3. The van der Waals surface area contributed by atoms with Crippen molar-refractivity contribution in [3.8, 4) is 11.1 Å². The minimum Gasteiger partial charge on any atom is -0.257 e. The van der Waals surface area contributed by atoms with E-state index in [1.54, 1.807) is 0 Å². The minimum atomic E-state index is 0.279. The molecule has 0 spiro atoms. The van der Waals surface area contributed by atoms with Gasteiger partial charge >= 0.3 is 0 Å². The highest BCUT2D eigenvalue weighted by Gasteiger charge is 2.23. The van der Waals surface area contributed by atoms with E-state index in [4.69, 9.17) is 0 Å². The molecule has 0 bridgehead atoms. The second-order valence-corrected chi connectivity index (χ2v) is 11.8. The summed E-state index contributed by atoms with van der Waals surface area (Å²) >= 11 is 0. The van der Waals surface area contributed by atoms with Gasteiger partial charge in [0.2, 0.25) is 0 Å². The maximum absolute atomic E-state index is 4.62. The van der Waals surface area contributed by atoms with Gasteiger partial charge in [-0.05, 0) is 100 Å². The summed E-state index contributed by atoms with van der Waals surface area (Å²) in [6.45, 7) is 9.10. The van der Waals surface area contributed by atoms with Gasteiger partial charge in [-0.1, -0.05) is 149 Å². The van der Waals surface area contributed by atoms with Gasteiger partial charge in [0.1, 0.15) is 0 Å². The van der Waals surface area contributed by atoms with Crippen molar-refractivity contribution >= 4 is 22.4 Å². The van der Waals surface area contributed by atoms with E-state index in [0.29, 0.717) is 0 Å². The standard InChI is InChI=1S/C44H47N/c1-5-8-10-11-15-23-37-32-36(30-31-45-37)40-27-19-28-41-38(26-18-29-42(40)41)33(4)39-24-16-17-25-43(39)44(34(7-3)20-9-6-2)35-21-13-12-14-22-35/h9-15,17-23,25-33H,5-8,16,24H2,1-4H3/b11-10+,20-9-,23-15+,44-34+. The highest BCUT2D eigenvalue weighted by Crippen LogP contribution is 2.43. The van der Waals surface area contributed by atoms with Gasteiger partial charge in [0.15, 0.2) is 0 Å². The average Bonchev–Trinajstić information content (AvgIpc) is 3.09. The summed E-state index contributed by atoms with van der Waals surface area (Å²) in [5.41, 5.74) is 11.8. The van der Waals surface area contributed by atoms with E-state index in [-0.39, 0.29) is 5.92 Å². The predicted octanol–water partition coefficient (Wildman–Crippen LogP) is 12.9. The number of pyridine rings is 1. The van der Waals surface area contributed by atoms with Crippen LogP contribution in [0.2, 0.25) is 0 Å². The van der Waals surface area contributed by atoms with Crippen LogP contribution >= 0.6 is 0 Å². The molecule has 0 saturated heterocycles. The van der Waals surface area contributed by atoms with Gasteiger partial charge in [0, 0.05) is 12.1 Å². The number of nitrogens with zero attached hydrogens (tertiary/aromatic N) is 1. The Kier molecular flexibility index (Phi) is 11.4. The summed E-state index contributed by atoms with van der Waals surface area (Å²) in [5, 5.41) is 2.62. The zero-order valence-electron chi connectivity index (χ0n) is 27.5. The van der Waals surface area contributed by atoms with Gasteiger partial charge in [-0.3, -0.25) is 4.98 Å². The van der Waals surface area contributed by atoms with E-state index in [0.717, 1.165) is 44.2 Å². The molecule has 1 nitrogen and oxygen atoms in total. The van der Waals surface area contributed by atoms with Crippen molar-refractivity contribution in [2.24, 2.45) is 0 Å². The summed E-state index contributed by atoms with van der Waals surface area (Å²) < 4.78 is 0. The van der Waals surface area contributed by atoms with Gasteiger partial charge in [-0.15, -0.1) is 0 Å². The number of aromatic nitrogens is 1. The van der Waals surface area contributed by atoms with Crippen LogP contribution in [-0.4, -0.2) is 4.98 Å². The van der Waals surface area contributed by atoms with Crippen molar-refractivity contribution < 1.29 is 0 Å². The SMILES string of the molecule is CC/C=C\C(CC)=C(\C1=C(C(C)c2cccc3c(-c4ccnc(/C=C/C=C/CCC)c4)cccc23)CCC=C1)c1ccccc1. The first-order valence-electron chi connectivity index (χ1n) is 16.8. The van der Waals surface area contributed by atoms with Crippen molar-refractivity contribution in [3.05, 3.63) is 161 Å². The third kappa shape index (κ3) is 7.60. The Morgan fingerprint density at radius 1 is 0.867 bits per heavy atom. The van der Waals surface area contributed by atoms with E-state index in [2.05, 4.69) is 160 Å². The zero-order chi connectivity index (χ0) is 31.4. The Labute approximate surface area is 271 Å². The molecule has 1 aromatic heterocycles. The van der Waals surface area contributed by atoms with Crippen LogP contribution in [0.5, 0.6) is 0 Å². The molecule has 5 rings (SSSR count). The molecule has 0 amide bonds.